The summed E-state index contributed by atoms with van der Waals surface area (Å²) in [7, 11) is 1.61. The Morgan fingerprint density at radius 2 is 1.77 bits per heavy atom. The summed E-state index contributed by atoms with van der Waals surface area (Å²) >= 11 is 0. The van der Waals surface area contributed by atoms with Crippen LogP contribution in [0.5, 0.6) is 0 Å². The van der Waals surface area contributed by atoms with Crippen molar-refractivity contribution < 1.29 is 38.9 Å². The second-order valence-electron chi connectivity index (χ2n) is 9.70. The standard InChI is InChI=1S/C26H29N5O8/c1-14(32)30(5)17-8-6-7-15(11-17)12-19(29-24(36)39-26(2,3)4)22(33)27-16-9-10-20-18(13-16)28-21(23(34)35)31(20)25(37)38/h6-11,13,19H,12H2,1-5H3,(H,27,33)(H,29,36)(H,34,35)(H,37,38). The van der Waals surface area contributed by atoms with Crippen LogP contribution in [-0.2, 0) is 20.7 Å². The molecule has 4 N–H and O–H groups in total. The molecule has 1 unspecified atom stereocenters. The van der Waals surface area contributed by atoms with Crippen LogP contribution in [0.25, 0.3) is 11.0 Å². The van der Waals surface area contributed by atoms with Gasteiger partial charge in [0.05, 0.1) is 11.0 Å². The number of rotatable bonds is 7. The maximum Gasteiger partial charge on any atom is 0.417 e. The summed E-state index contributed by atoms with van der Waals surface area (Å²) in [6.45, 7) is 6.46. The van der Waals surface area contributed by atoms with Crippen molar-refractivity contribution in [1.82, 2.24) is 14.9 Å². The normalized spacial score (nSPS) is 11.9. The number of ether oxygens (including phenoxy) is 1. The van der Waals surface area contributed by atoms with Crippen molar-refractivity contribution in [3.8, 4) is 0 Å². The highest BCUT2D eigenvalue weighted by Crippen LogP contribution is 2.22. The number of fused-ring (bicyclic) bond motifs is 1. The number of benzene rings is 2. The number of aromatic nitrogens is 2. The maximum atomic E-state index is 13.3. The molecule has 0 radical (unpaired) electrons. The first-order valence-electron chi connectivity index (χ1n) is 11.8. The minimum absolute atomic E-state index is 0.0211. The van der Waals surface area contributed by atoms with Gasteiger partial charge in [-0.05, 0) is 56.7 Å². The number of amides is 3. The first-order valence-corrected chi connectivity index (χ1v) is 11.8. The lowest BCUT2D eigenvalue weighted by atomic mass is 10.0. The van der Waals surface area contributed by atoms with Crippen molar-refractivity contribution in [1.29, 1.82) is 0 Å². The van der Waals surface area contributed by atoms with Gasteiger partial charge in [-0.25, -0.2) is 23.9 Å². The number of carbonyl (C=O) groups is 5. The van der Waals surface area contributed by atoms with Crippen LogP contribution in [0.4, 0.5) is 21.0 Å². The molecule has 206 valence electrons. The molecule has 0 aliphatic rings. The van der Waals surface area contributed by atoms with Crippen molar-refractivity contribution in [2.75, 3.05) is 17.3 Å². The van der Waals surface area contributed by atoms with E-state index in [1.54, 1.807) is 52.1 Å². The average molecular weight is 540 g/mol. The van der Waals surface area contributed by atoms with Crippen LogP contribution < -0.4 is 15.5 Å². The monoisotopic (exact) mass is 539 g/mol. The minimum Gasteiger partial charge on any atom is -0.475 e. The molecule has 1 aromatic heterocycles. The SMILES string of the molecule is CC(=O)N(C)c1cccc(CC(NC(=O)OC(C)(C)C)C(=O)Nc2ccc3c(c2)nc(C(=O)O)n3C(=O)O)c1. The Labute approximate surface area is 223 Å². The Morgan fingerprint density at radius 1 is 1.08 bits per heavy atom. The van der Waals surface area contributed by atoms with Crippen LogP contribution >= 0.6 is 0 Å². The minimum atomic E-state index is -1.53. The lowest BCUT2D eigenvalue weighted by molar-refractivity contribution is -0.118. The van der Waals surface area contributed by atoms with Gasteiger partial charge in [0.25, 0.3) is 0 Å². The van der Waals surface area contributed by atoms with Crippen LogP contribution in [0.15, 0.2) is 42.5 Å². The third-order valence-corrected chi connectivity index (χ3v) is 5.52. The number of alkyl carbamates (subject to hydrolysis) is 1. The van der Waals surface area contributed by atoms with Gasteiger partial charge in [-0.2, -0.15) is 0 Å². The summed E-state index contributed by atoms with van der Waals surface area (Å²) in [6, 6.07) is 9.84. The molecule has 39 heavy (non-hydrogen) atoms. The molecule has 0 bridgehead atoms. The summed E-state index contributed by atoms with van der Waals surface area (Å²) in [5.74, 6) is -3.03. The average Bonchev–Trinajstić information content (AvgIpc) is 3.21. The molecule has 0 saturated carbocycles. The zero-order valence-electron chi connectivity index (χ0n) is 22.0. The number of imidazole rings is 1. The summed E-state index contributed by atoms with van der Waals surface area (Å²) in [5.41, 5.74) is 0.687. The van der Waals surface area contributed by atoms with E-state index < -0.39 is 41.5 Å². The zero-order valence-corrected chi connectivity index (χ0v) is 22.0. The third kappa shape index (κ3) is 7.09. The van der Waals surface area contributed by atoms with E-state index >= 15 is 0 Å². The van der Waals surface area contributed by atoms with Gasteiger partial charge in [0.1, 0.15) is 11.6 Å². The fourth-order valence-corrected chi connectivity index (χ4v) is 3.69. The molecule has 3 amide bonds. The highest BCUT2D eigenvalue weighted by Gasteiger charge is 2.26. The second-order valence-corrected chi connectivity index (χ2v) is 9.70. The van der Waals surface area contributed by atoms with Gasteiger partial charge in [-0.3, -0.25) is 9.59 Å². The zero-order chi connectivity index (χ0) is 29.1. The highest BCUT2D eigenvalue weighted by atomic mass is 16.6. The Kier molecular flexibility index (Phi) is 8.23. The molecule has 3 rings (SSSR count). The molecule has 0 saturated heterocycles. The summed E-state index contributed by atoms with van der Waals surface area (Å²) < 4.78 is 5.84. The number of nitrogens with zero attached hydrogens (tertiary/aromatic N) is 3. The smallest absolute Gasteiger partial charge is 0.417 e. The quantitative estimate of drug-likeness (QED) is 0.350. The van der Waals surface area contributed by atoms with Gasteiger partial charge >= 0.3 is 18.2 Å². The van der Waals surface area contributed by atoms with E-state index in [1.165, 1.54) is 30.0 Å². The van der Waals surface area contributed by atoms with Crippen LogP contribution in [0.3, 0.4) is 0 Å². The Hall–Kier alpha value is -4.94. The molecule has 0 aliphatic heterocycles. The predicted octanol–water partition coefficient (Wildman–Crippen LogP) is 3.32. The molecule has 13 heteroatoms. The van der Waals surface area contributed by atoms with Crippen LogP contribution in [-0.4, -0.2) is 68.4 Å². The van der Waals surface area contributed by atoms with Gasteiger partial charge in [0.15, 0.2) is 0 Å². The largest absolute Gasteiger partial charge is 0.475 e. The van der Waals surface area contributed by atoms with Gasteiger partial charge in [-0.1, -0.05) is 12.1 Å². The van der Waals surface area contributed by atoms with Crippen molar-refractivity contribution in [3.05, 3.63) is 53.9 Å². The third-order valence-electron chi connectivity index (χ3n) is 5.52. The summed E-state index contributed by atoms with van der Waals surface area (Å²) in [5, 5.41) is 23.9. The van der Waals surface area contributed by atoms with E-state index in [9.17, 15) is 34.2 Å². The highest BCUT2D eigenvalue weighted by molar-refractivity contribution is 6.00. The predicted molar refractivity (Wildman–Crippen MR) is 141 cm³/mol. The lowest BCUT2D eigenvalue weighted by Crippen LogP contribution is -2.47. The van der Waals surface area contributed by atoms with Crippen LogP contribution in [0.1, 0.15) is 43.9 Å². The second kappa shape index (κ2) is 11.2. The van der Waals surface area contributed by atoms with Gasteiger partial charge in [-0.15, -0.1) is 0 Å². The number of carboxylic acids is 1. The molecular formula is C26H29N5O8. The van der Waals surface area contributed by atoms with Crippen LogP contribution in [0, 0.1) is 0 Å². The van der Waals surface area contributed by atoms with Crippen molar-refractivity contribution in [2.24, 2.45) is 0 Å². The van der Waals surface area contributed by atoms with Crippen molar-refractivity contribution in [3.63, 3.8) is 0 Å². The molecular weight excluding hydrogens is 510 g/mol. The molecule has 13 nitrogen and oxygen atoms in total. The molecule has 1 atom stereocenters. The number of aromatic carboxylic acids is 1. The lowest BCUT2D eigenvalue weighted by Gasteiger charge is -2.24. The van der Waals surface area contributed by atoms with Gasteiger partial charge in [0.2, 0.25) is 17.6 Å². The van der Waals surface area contributed by atoms with E-state index in [0.29, 0.717) is 15.8 Å². The summed E-state index contributed by atoms with van der Waals surface area (Å²) in [4.78, 5) is 65.9. The van der Waals surface area contributed by atoms with E-state index in [0.717, 1.165) is 0 Å². The number of hydrogen-bond acceptors (Lipinski definition) is 7. The van der Waals surface area contributed by atoms with Gasteiger partial charge < -0.3 is 30.5 Å². The summed E-state index contributed by atoms with van der Waals surface area (Å²) in [6.07, 6.45) is -2.30. The number of anilines is 2. The van der Waals surface area contributed by atoms with E-state index in [1.807, 2.05) is 0 Å². The molecule has 0 fully saturated rings. The molecule has 3 aromatic rings. The number of carboxylic acid groups (broad SMARTS) is 2. The number of carbonyl (C=O) groups excluding carboxylic acids is 3. The topological polar surface area (TPSA) is 180 Å². The Balaban J connectivity index is 1.91. The molecule has 1 heterocycles. The van der Waals surface area contributed by atoms with E-state index in [2.05, 4.69) is 15.6 Å². The Morgan fingerprint density at radius 3 is 2.36 bits per heavy atom. The van der Waals surface area contributed by atoms with Crippen molar-refractivity contribution >= 4 is 52.4 Å². The van der Waals surface area contributed by atoms with Crippen molar-refractivity contribution in [2.45, 2.75) is 45.8 Å². The fourth-order valence-electron chi connectivity index (χ4n) is 3.69. The van der Waals surface area contributed by atoms with Gasteiger partial charge in [0, 0.05) is 31.8 Å². The maximum absolute atomic E-state index is 13.3. The number of nitrogens with one attached hydrogen (secondary N) is 2. The van der Waals surface area contributed by atoms with E-state index in [-0.39, 0.29) is 29.0 Å². The van der Waals surface area contributed by atoms with Crippen LogP contribution in [0.2, 0.25) is 0 Å². The Bertz CT molecular complexity index is 1460. The molecule has 0 aliphatic carbocycles. The first-order chi connectivity index (χ1) is 18.2. The fraction of sp³-hybridized carbons (Fsp3) is 0.308. The number of hydrogen-bond donors (Lipinski definition) is 4. The first kappa shape index (κ1) is 28.6. The molecule has 2 aromatic carbocycles. The molecule has 0 spiro atoms. The van der Waals surface area contributed by atoms with E-state index in [4.69, 9.17) is 4.74 Å².